The number of aliphatic hydroxyl groups is 2. The first-order valence-electron chi connectivity index (χ1n) is 4.08. The van der Waals surface area contributed by atoms with E-state index in [1.54, 1.807) is 0 Å². The predicted octanol–water partition coefficient (Wildman–Crippen LogP) is -1.76. The van der Waals surface area contributed by atoms with Crippen molar-refractivity contribution in [2.24, 2.45) is 0 Å². The second kappa shape index (κ2) is 4.85. The molecule has 2 N–H and O–H groups in total. The summed E-state index contributed by atoms with van der Waals surface area (Å²) >= 11 is 0. The molecule has 6 nitrogen and oxygen atoms in total. The Hall–Kier alpha value is -1.24. The second-order valence-electron chi connectivity index (χ2n) is 2.66. The van der Waals surface area contributed by atoms with Gasteiger partial charge in [-0.3, -0.25) is 9.59 Å². The van der Waals surface area contributed by atoms with Crippen LogP contribution in [0.2, 0.25) is 0 Å². The second-order valence-corrected chi connectivity index (χ2v) is 2.66. The molecule has 2 amide bonds. The van der Waals surface area contributed by atoms with Crippen molar-refractivity contribution < 1.29 is 24.5 Å². The van der Waals surface area contributed by atoms with E-state index in [-0.39, 0.29) is 19.8 Å². The van der Waals surface area contributed by atoms with E-state index in [9.17, 15) is 14.7 Å². The molecule has 6 heteroatoms. The van der Waals surface area contributed by atoms with Crippen LogP contribution in [0.15, 0.2) is 12.2 Å². The zero-order valence-corrected chi connectivity index (χ0v) is 7.42. The third-order valence-corrected chi connectivity index (χ3v) is 1.64. The van der Waals surface area contributed by atoms with Crippen molar-refractivity contribution in [3.05, 3.63) is 12.2 Å². The van der Waals surface area contributed by atoms with Crippen LogP contribution in [0.3, 0.4) is 0 Å². The maximum absolute atomic E-state index is 11.0. The van der Waals surface area contributed by atoms with Crippen molar-refractivity contribution in [2.45, 2.75) is 6.23 Å². The highest BCUT2D eigenvalue weighted by molar-refractivity contribution is 6.13. The standard InChI is InChI=1S/C8H11NO5/c10-3-4-14-5-8(13)9-6(11)1-2-7(9)12/h1-2,8,10,13H,3-5H2/t8-/m0/s1. The molecule has 1 atom stereocenters. The Bertz CT molecular complexity index is 244. The maximum Gasteiger partial charge on any atom is 0.255 e. The molecule has 0 saturated heterocycles. The Kier molecular flexibility index (Phi) is 3.75. The molecule has 0 aromatic rings. The summed E-state index contributed by atoms with van der Waals surface area (Å²) in [5, 5.41) is 17.7. The Labute approximate surface area is 80.4 Å². The minimum Gasteiger partial charge on any atom is -0.394 e. The molecule has 0 unspecified atom stereocenters. The van der Waals surface area contributed by atoms with Crippen molar-refractivity contribution in [3.8, 4) is 0 Å². The summed E-state index contributed by atoms with van der Waals surface area (Å²) in [7, 11) is 0. The van der Waals surface area contributed by atoms with E-state index in [1.165, 1.54) is 0 Å². The average Bonchev–Trinajstić information content (AvgIpc) is 2.46. The van der Waals surface area contributed by atoms with Gasteiger partial charge in [-0.2, -0.15) is 0 Å². The molecular weight excluding hydrogens is 190 g/mol. The van der Waals surface area contributed by atoms with E-state index in [0.29, 0.717) is 4.90 Å². The molecule has 0 aliphatic carbocycles. The normalized spacial score (nSPS) is 18.0. The van der Waals surface area contributed by atoms with Gasteiger partial charge in [-0.05, 0) is 0 Å². The lowest BCUT2D eigenvalue weighted by Gasteiger charge is -2.20. The topological polar surface area (TPSA) is 87.1 Å². The third-order valence-electron chi connectivity index (χ3n) is 1.64. The highest BCUT2D eigenvalue weighted by Crippen LogP contribution is 2.07. The van der Waals surface area contributed by atoms with E-state index in [1.807, 2.05) is 0 Å². The first-order chi connectivity index (χ1) is 6.66. The summed E-state index contributed by atoms with van der Waals surface area (Å²) in [6.45, 7) is -0.312. The van der Waals surface area contributed by atoms with Gasteiger partial charge in [0.15, 0.2) is 6.23 Å². The molecule has 0 radical (unpaired) electrons. The van der Waals surface area contributed by atoms with Crippen LogP contribution in [-0.4, -0.2) is 53.0 Å². The molecule has 0 aromatic heterocycles. The Morgan fingerprint density at radius 1 is 1.36 bits per heavy atom. The van der Waals surface area contributed by atoms with Gasteiger partial charge in [0.25, 0.3) is 11.8 Å². The highest BCUT2D eigenvalue weighted by Gasteiger charge is 2.29. The van der Waals surface area contributed by atoms with Gasteiger partial charge in [-0.15, -0.1) is 0 Å². The fourth-order valence-corrected chi connectivity index (χ4v) is 1.03. The summed E-state index contributed by atoms with van der Waals surface area (Å²) in [5.41, 5.74) is 0. The summed E-state index contributed by atoms with van der Waals surface area (Å²) in [6, 6.07) is 0. The molecule has 1 rings (SSSR count). The molecule has 0 fully saturated rings. The molecule has 1 aliphatic heterocycles. The first-order valence-corrected chi connectivity index (χ1v) is 4.08. The summed E-state index contributed by atoms with van der Waals surface area (Å²) in [5.74, 6) is -1.12. The van der Waals surface area contributed by atoms with Crippen molar-refractivity contribution >= 4 is 11.8 Å². The SMILES string of the molecule is O=C1C=CC(=O)N1[C@@H](O)COCCO. The van der Waals surface area contributed by atoms with Gasteiger partial charge < -0.3 is 14.9 Å². The van der Waals surface area contributed by atoms with Gasteiger partial charge in [-0.1, -0.05) is 0 Å². The van der Waals surface area contributed by atoms with E-state index >= 15 is 0 Å². The number of hydrogen-bond acceptors (Lipinski definition) is 5. The number of imide groups is 1. The van der Waals surface area contributed by atoms with Crippen LogP contribution < -0.4 is 0 Å². The van der Waals surface area contributed by atoms with Crippen molar-refractivity contribution in [3.63, 3.8) is 0 Å². The Balaban J connectivity index is 2.40. The van der Waals surface area contributed by atoms with Gasteiger partial charge in [0.05, 0.1) is 19.8 Å². The van der Waals surface area contributed by atoms with Crippen LogP contribution in [-0.2, 0) is 14.3 Å². The number of carbonyl (C=O) groups excluding carboxylic acids is 2. The highest BCUT2D eigenvalue weighted by atomic mass is 16.5. The fraction of sp³-hybridized carbons (Fsp3) is 0.500. The lowest BCUT2D eigenvalue weighted by Crippen LogP contribution is -2.42. The van der Waals surface area contributed by atoms with Gasteiger partial charge in [0, 0.05) is 12.2 Å². The van der Waals surface area contributed by atoms with E-state index < -0.39 is 18.0 Å². The fourth-order valence-electron chi connectivity index (χ4n) is 1.03. The molecule has 78 valence electrons. The molecule has 0 spiro atoms. The van der Waals surface area contributed by atoms with Crippen LogP contribution in [0.4, 0.5) is 0 Å². The molecule has 1 heterocycles. The molecule has 14 heavy (non-hydrogen) atoms. The van der Waals surface area contributed by atoms with Gasteiger partial charge in [-0.25, -0.2) is 4.90 Å². The van der Waals surface area contributed by atoms with Crippen molar-refractivity contribution in [1.29, 1.82) is 0 Å². The number of carbonyl (C=O) groups is 2. The van der Waals surface area contributed by atoms with Crippen LogP contribution in [0.5, 0.6) is 0 Å². The molecule has 0 saturated carbocycles. The van der Waals surface area contributed by atoms with E-state index in [4.69, 9.17) is 9.84 Å². The predicted molar refractivity (Wildman–Crippen MR) is 44.9 cm³/mol. The monoisotopic (exact) mass is 201 g/mol. The van der Waals surface area contributed by atoms with Crippen LogP contribution >= 0.6 is 0 Å². The summed E-state index contributed by atoms with van der Waals surface area (Å²) in [6.07, 6.45) is 0.867. The average molecular weight is 201 g/mol. The minimum absolute atomic E-state index is 0.0563. The van der Waals surface area contributed by atoms with E-state index in [2.05, 4.69) is 0 Å². The van der Waals surface area contributed by atoms with Crippen LogP contribution in [0, 0.1) is 0 Å². The number of rotatable bonds is 5. The quantitative estimate of drug-likeness (QED) is 0.406. The van der Waals surface area contributed by atoms with Gasteiger partial charge in [0.2, 0.25) is 0 Å². The zero-order chi connectivity index (χ0) is 10.6. The minimum atomic E-state index is -1.29. The number of ether oxygens (including phenoxy) is 1. The lowest BCUT2D eigenvalue weighted by molar-refractivity contribution is -0.152. The van der Waals surface area contributed by atoms with E-state index in [0.717, 1.165) is 12.2 Å². The largest absolute Gasteiger partial charge is 0.394 e. The lowest BCUT2D eigenvalue weighted by atomic mass is 10.5. The number of aliphatic hydroxyl groups excluding tert-OH is 2. The molecular formula is C8H11NO5. The van der Waals surface area contributed by atoms with Gasteiger partial charge >= 0.3 is 0 Å². The molecule has 0 bridgehead atoms. The zero-order valence-electron chi connectivity index (χ0n) is 7.42. The molecule has 0 aromatic carbocycles. The van der Waals surface area contributed by atoms with Crippen LogP contribution in [0.25, 0.3) is 0 Å². The summed E-state index contributed by atoms with van der Waals surface area (Å²) < 4.78 is 4.78. The van der Waals surface area contributed by atoms with Crippen LogP contribution in [0.1, 0.15) is 0 Å². The Morgan fingerprint density at radius 2 is 1.93 bits per heavy atom. The van der Waals surface area contributed by atoms with Crippen molar-refractivity contribution in [1.82, 2.24) is 4.90 Å². The Morgan fingerprint density at radius 3 is 2.43 bits per heavy atom. The van der Waals surface area contributed by atoms with Gasteiger partial charge in [0.1, 0.15) is 0 Å². The number of nitrogens with zero attached hydrogens (tertiary/aromatic N) is 1. The summed E-state index contributed by atoms with van der Waals surface area (Å²) in [4.78, 5) is 22.7. The smallest absolute Gasteiger partial charge is 0.255 e. The first kappa shape index (κ1) is 10.8. The number of amides is 2. The third kappa shape index (κ3) is 2.38. The molecule has 1 aliphatic rings. The maximum atomic E-state index is 11.0. The van der Waals surface area contributed by atoms with Crippen molar-refractivity contribution in [2.75, 3.05) is 19.8 Å². The number of hydrogen-bond donors (Lipinski definition) is 2.